The zero-order chi connectivity index (χ0) is 18.4. The normalized spacial score (nSPS) is 17.8. The Balaban J connectivity index is 1.62. The Labute approximate surface area is 149 Å². The number of carbonyl (C=O) groups is 2. The van der Waals surface area contributed by atoms with Crippen molar-refractivity contribution >= 4 is 28.9 Å². The van der Waals surface area contributed by atoms with E-state index in [2.05, 4.69) is 5.32 Å². The fourth-order valence-electron chi connectivity index (χ4n) is 3.71. The van der Waals surface area contributed by atoms with Gasteiger partial charge in [0.25, 0.3) is 11.6 Å². The SMILES string of the molecule is CC1C(=O)N2CCCc3cc(NC(=O)c4ccc([N+](=O)[O-])cc4)cc1c32. The van der Waals surface area contributed by atoms with Crippen LogP contribution in [-0.2, 0) is 11.2 Å². The summed E-state index contributed by atoms with van der Waals surface area (Å²) < 4.78 is 0. The number of nitro benzene ring substituents is 1. The van der Waals surface area contributed by atoms with E-state index in [4.69, 9.17) is 0 Å². The van der Waals surface area contributed by atoms with Crippen LogP contribution in [0.25, 0.3) is 0 Å². The van der Waals surface area contributed by atoms with Crippen molar-refractivity contribution in [3.8, 4) is 0 Å². The molecule has 1 unspecified atom stereocenters. The minimum atomic E-state index is -0.503. The van der Waals surface area contributed by atoms with Gasteiger partial charge in [0, 0.05) is 29.9 Å². The predicted octanol–water partition coefficient (Wildman–Crippen LogP) is 3.24. The average molecular weight is 351 g/mol. The van der Waals surface area contributed by atoms with Crippen LogP contribution in [0.3, 0.4) is 0 Å². The van der Waals surface area contributed by atoms with Crippen molar-refractivity contribution in [1.82, 2.24) is 0 Å². The first-order chi connectivity index (χ1) is 12.5. The Morgan fingerprint density at radius 2 is 2.00 bits per heavy atom. The van der Waals surface area contributed by atoms with Crippen molar-refractivity contribution in [3.63, 3.8) is 0 Å². The number of benzene rings is 2. The Hall–Kier alpha value is -3.22. The number of hydrogen-bond donors (Lipinski definition) is 1. The molecule has 2 aromatic rings. The zero-order valence-electron chi connectivity index (χ0n) is 14.2. The summed E-state index contributed by atoms with van der Waals surface area (Å²) in [5.74, 6) is -0.436. The fourth-order valence-corrected chi connectivity index (χ4v) is 3.71. The molecule has 0 bridgehead atoms. The van der Waals surface area contributed by atoms with Crippen molar-refractivity contribution in [3.05, 3.63) is 63.2 Å². The molecule has 7 nitrogen and oxygen atoms in total. The van der Waals surface area contributed by atoms with E-state index in [0.29, 0.717) is 11.3 Å². The van der Waals surface area contributed by atoms with Crippen LogP contribution >= 0.6 is 0 Å². The average Bonchev–Trinajstić information content (AvgIpc) is 2.88. The Kier molecular flexibility index (Phi) is 3.72. The maximum Gasteiger partial charge on any atom is 0.269 e. The van der Waals surface area contributed by atoms with E-state index in [1.807, 2.05) is 24.0 Å². The molecule has 2 amide bonds. The first-order valence-corrected chi connectivity index (χ1v) is 8.49. The van der Waals surface area contributed by atoms with Crippen LogP contribution in [0.5, 0.6) is 0 Å². The number of nitro groups is 1. The topological polar surface area (TPSA) is 92.6 Å². The molecule has 2 aliphatic heterocycles. The molecular weight excluding hydrogens is 334 g/mol. The number of carbonyl (C=O) groups excluding carboxylic acids is 2. The van der Waals surface area contributed by atoms with Gasteiger partial charge in [0.2, 0.25) is 5.91 Å². The van der Waals surface area contributed by atoms with Gasteiger partial charge in [0.15, 0.2) is 0 Å². The van der Waals surface area contributed by atoms with Gasteiger partial charge in [-0.1, -0.05) is 0 Å². The van der Waals surface area contributed by atoms with Crippen molar-refractivity contribution in [1.29, 1.82) is 0 Å². The summed E-state index contributed by atoms with van der Waals surface area (Å²) in [6.07, 6.45) is 1.78. The van der Waals surface area contributed by atoms with Crippen molar-refractivity contribution in [2.24, 2.45) is 0 Å². The van der Waals surface area contributed by atoms with Crippen molar-refractivity contribution < 1.29 is 14.5 Å². The molecule has 0 aromatic heterocycles. The second kappa shape index (κ2) is 5.94. The summed E-state index contributed by atoms with van der Waals surface area (Å²) in [5, 5.41) is 13.6. The van der Waals surface area contributed by atoms with Crippen molar-refractivity contribution in [2.75, 3.05) is 16.8 Å². The molecule has 2 aliphatic rings. The lowest BCUT2D eigenvalue weighted by atomic mass is 9.96. The number of hydrogen-bond acceptors (Lipinski definition) is 4. The molecule has 132 valence electrons. The summed E-state index contributed by atoms with van der Waals surface area (Å²) in [6.45, 7) is 2.63. The summed E-state index contributed by atoms with van der Waals surface area (Å²) in [5.41, 5.74) is 3.95. The third-order valence-corrected chi connectivity index (χ3v) is 5.02. The molecule has 2 heterocycles. The molecule has 0 spiro atoms. The lowest BCUT2D eigenvalue weighted by molar-refractivity contribution is -0.384. The van der Waals surface area contributed by atoms with Gasteiger partial charge < -0.3 is 10.2 Å². The molecule has 2 aromatic carbocycles. The van der Waals surface area contributed by atoms with Crippen LogP contribution in [0.15, 0.2) is 36.4 Å². The van der Waals surface area contributed by atoms with Crippen LogP contribution in [0.2, 0.25) is 0 Å². The summed E-state index contributed by atoms with van der Waals surface area (Å²) in [6, 6.07) is 9.24. The fraction of sp³-hybridized carbons (Fsp3) is 0.263. The molecular formula is C19H17N3O4. The number of non-ortho nitro benzene ring substituents is 1. The summed E-state index contributed by atoms with van der Waals surface area (Å²) in [4.78, 5) is 36.9. The van der Waals surface area contributed by atoms with E-state index >= 15 is 0 Å². The van der Waals surface area contributed by atoms with Gasteiger partial charge in [0.05, 0.1) is 16.5 Å². The van der Waals surface area contributed by atoms with E-state index in [-0.39, 0.29) is 23.4 Å². The van der Waals surface area contributed by atoms with Crippen LogP contribution in [0.1, 0.15) is 40.7 Å². The second-order valence-electron chi connectivity index (χ2n) is 6.65. The van der Waals surface area contributed by atoms with Gasteiger partial charge in [-0.2, -0.15) is 0 Å². The third kappa shape index (κ3) is 2.52. The van der Waals surface area contributed by atoms with Gasteiger partial charge >= 0.3 is 0 Å². The maximum atomic E-state index is 12.5. The second-order valence-corrected chi connectivity index (χ2v) is 6.65. The van der Waals surface area contributed by atoms with Crippen LogP contribution in [-0.4, -0.2) is 23.3 Å². The number of anilines is 2. The van der Waals surface area contributed by atoms with E-state index in [9.17, 15) is 19.7 Å². The Bertz CT molecular complexity index is 937. The van der Waals surface area contributed by atoms with Crippen molar-refractivity contribution in [2.45, 2.75) is 25.7 Å². The highest BCUT2D eigenvalue weighted by atomic mass is 16.6. The van der Waals surface area contributed by atoms with Crippen LogP contribution in [0.4, 0.5) is 17.1 Å². The number of nitrogens with one attached hydrogen (secondary N) is 1. The summed E-state index contributed by atoms with van der Waals surface area (Å²) >= 11 is 0. The largest absolute Gasteiger partial charge is 0.322 e. The molecule has 0 fully saturated rings. The minimum absolute atomic E-state index is 0.0593. The Morgan fingerprint density at radius 1 is 1.27 bits per heavy atom. The highest BCUT2D eigenvalue weighted by molar-refractivity contribution is 6.08. The predicted molar refractivity (Wildman–Crippen MR) is 96.6 cm³/mol. The molecule has 4 rings (SSSR count). The van der Waals surface area contributed by atoms with Gasteiger partial charge in [-0.25, -0.2) is 0 Å². The van der Waals surface area contributed by atoms with Gasteiger partial charge in [0.1, 0.15) is 0 Å². The maximum absolute atomic E-state index is 12.5. The van der Waals surface area contributed by atoms with Gasteiger partial charge in [-0.3, -0.25) is 19.7 Å². The smallest absolute Gasteiger partial charge is 0.269 e. The molecule has 0 radical (unpaired) electrons. The molecule has 7 heteroatoms. The standard InChI is InChI=1S/C19H17N3O4/c1-11-16-10-14(9-13-3-2-8-21(17(13)16)19(11)24)20-18(23)12-4-6-15(7-5-12)22(25)26/h4-7,9-11H,2-3,8H2,1H3,(H,20,23). The Morgan fingerprint density at radius 3 is 2.69 bits per heavy atom. The monoisotopic (exact) mass is 351 g/mol. The molecule has 26 heavy (non-hydrogen) atoms. The van der Waals surface area contributed by atoms with Gasteiger partial charge in [-0.15, -0.1) is 0 Å². The minimum Gasteiger partial charge on any atom is -0.322 e. The lowest BCUT2D eigenvalue weighted by Crippen LogP contribution is -2.32. The van der Waals surface area contributed by atoms with Crippen LogP contribution in [0, 0.1) is 10.1 Å². The highest BCUT2D eigenvalue weighted by Gasteiger charge is 2.37. The van der Waals surface area contributed by atoms with E-state index in [0.717, 1.165) is 36.2 Å². The highest BCUT2D eigenvalue weighted by Crippen LogP contribution is 2.44. The molecule has 0 aliphatic carbocycles. The number of aryl methyl sites for hydroxylation is 1. The number of nitrogens with zero attached hydrogens (tertiary/aromatic N) is 2. The first kappa shape index (κ1) is 16.3. The van der Waals surface area contributed by atoms with Crippen LogP contribution < -0.4 is 10.2 Å². The molecule has 0 saturated carbocycles. The van der Waals surface area contributed by atoms with Gasteiger partial charge in [-0.05, 0) is 55.2 Å². The van der Waals surface area contributed by atoms with E-state index in [1.54, 1.807) is 0 Å². The third-order valence-electron chi connectivity index (χ3n) is 5.02. The lowest BCUT2D eigenvalue weighted by Gasteiger charge is -2.26. The zero-order valence-corrected chi connectivity index (χ0v) is 14.2. The van der Waals surface area contributed by atoms with E-state index in [1.165, 1.54) is 24.3 Å². The molecule has 1 N–H and O–H groups in total. The molecule has 1 atom stereocenters. The first-order valence-electron chi connectivity index (χ1n) is 8.49. The van der Waals surface area contributed by atoms with E-state index < -0.39 is 4.92 Å². The quantitative estimate of drug-likeness (QED) is 0.679. The molecule has 0 saturated heterocycles. The number of rotatable bonds is 3. The summed E-state index contributed by atoms with van der Waals surface area (Å²) in [7, 11) is 0. The number of amides is 2.